The van der Waals surface area contributed by atoms with Crippen molar-refractivity contribution in [1.29, 1.82) is 0 Å². The van der Waals surface area contributed by atoms with Gasteiger partial charge in [0, 0.05) is 0 Å². The first-order chi connectivity index (χ1) is 4.09. The molecule has 5 heteroatoms. The van der Waals surface area contributed by atoms with Gasteiger partial charge in [0.05, 0.1) is 4.43 Å². The fourth-order valence-corrected chi connectivity index (χ4v) is 0.983. The fourth-order valence-electron chi connectivity index (χ4n) is 0.205. The average Bonchev–Trinajstić information content (AvgIpc) is 1.84. The van der Waals surface area contributed by atoms with Gasteiger partial charge in [-0.15, -0.1) is 11.6 Å². The van der Waals surface area contributed by atoms with E-state index in [1.165, 1.54) is 0 Å². The summed E-state index contributed by atoms with van der Waals surface area (Å²) in [5.74, 6) is -1.75. The summed E-state index contributed by atoms with van der Waals surface area (Å²) in [6.45, 7) is 0. The van der Waals surface area contributed by atoms with Gasteiger partial charge in [0.2, 0.25) is 0 Å². The highest BCUT2D eigenvalue weighted by Crippen LogP contribution is 1.99. The van der Waals surface area contributed by atoms with Gasteiger partial charge >= 0.3 is 5.97 Å². The Hall–Kier alpha value is 0.160. The molecular weight excluding hydrogens is 258 g/mol. The number of rotatable bonds is 3. The number of alkyl halides is 2. The number of hydrogen-bond acceptors (Lipinski definition) is 2. The van der Waals surface area contributed by atoms with Crippen LogP contribution < -0.4 is 0 Å². The SMILES string of the molecule is O=C(O)C(Cl)C(=O)CI. The van der Waals surface area contributed by atoms with Crippen molar-refractivity contribution in [2.75, 3.05) is 4.43 Å². The molecule has 3 nitrogen and oxygen atoms in total. The third-order valence-corrected chi connectivity index (χ3v) is 1.81. The first-order valence-corrected chi connectivity index (χ1v) is 4.01. The molecule has 0 aromatic rings. The van der Waals surface area contributed by atoms with Crippen molar-refractivity contribution < 1.29 is 14.7 Å². The lowest BCUT2D eigenvalue weighted by atomic mass is 10.3. The third kappa shape index (κ3) is 3.00. The second-order valence-corrected chi connectivity index (χ2v) is 2.50. The molecule has 0 aromatic heterocycles. The molecule has 0 spiro atoms. The molecule has 1 unspecified atom stereocenters. The van der Waals surface area contributed by atoms with E-state index >= 15 is 0 Å². The number of halogens is 2. The van der Waals surface area contributed by atoms with Crippen molar-refractivity contribution in [2.45, 2.75) is 5.38 Å². The van der Waals surface area contributed by atoms with Crippen LogP contribution in [0.1, 0.15) is 0 Å². The quantitative estimate of drug-likeness (QED) is 0.462. The number of carbonyl (C=O) groups is 2. The molecule has 0 aliphatic rings. The van der Waals surface area contributed by atoms with E-state index in [4.69, 9.17) is 16.7 Å². The topological polar surface area (TPSA) is 54.4 Å². The number of ketones is 1. The van der Waals surface area contributed by atoms with Crippen LogP contribution in [0.4, 0.5) is 0 Å². The van der Waals surface area contributed by atoms with Crippen LogP contribution in [-0.4, -0.2) is 26.7 Å². The van der Waals surface area contributed by atoms with Crippen molar-refractivity contribution in [1.82, 2.24) is 0 Å². The van der Waals surface area contributed by atoms with Gasteiger partial charge in [-0.3, -0.25) is 9.59 Å². The van der Waals surface area contributed by atoms with Crippen molar-refractivity contribution in [3.05, 3.63) is 0 Å². The van der Waals surface area contributed by atoms with Crippen LogP contribution in [-0.2, 0) is 9.59 Å². The van der Waals surface area contributed by atoms with Gasteiger partial charge in [-0.05, 0) is 0 Å². The van der Waals surface area contributed by atoms with Crippen LogP contribution in [0.2, 0.25) is 0 Å². The van der Waals surface area contributed by atoms with Crippen LogP contribution >= 0.6 is 34.2 Å². The smallest absolute Gasteiger partial charge is 0.329 e. The number of Topliss-reactive ketones (excluding diaryl/α,β-unsaturated/α-hetero) is 1. The Morgan fingerprint density at radius 3 is 2.22 bits per heavy atom. The Bertz CT molecular complexity index is 136. The molecule has 0 amide bonds. The van der Waals surface area contributed by atoms with E-state index in [2.05, 4.69) is 0 Å². The molecule has 0 saturated carbocycles. The zero-order valence-electron chi connectivity index (χ0n) is 4.30. The van der Waals surface area contributed by atoms with Gasteiger partial charge in [0.1, 0.15) is 0 Å². The van der Waals surface area contributed by atoms with Crippen molar-refractivity contribution in [2.24, 2.45) is 0 Å². The number of hydrogen-bond donors (Lipinski definition) is 1. The molecule has 52 valence electrons. The molecule has 0 rings (SSSR count). The monoisotopic (exact) mass is 262 g/mol. The molecule has 0 heterocycles. The van der Waals surface area contributed by atoms with E-state index in [0.717, 1.165) is 0 Å². The highest BCUT2D eigenvalue weighted by Gasteiger charge is 2.20. The molecule has 1 N–H and O–H groups in total. The zero-order valence-corrected chi connectivity index (χ0v) is 7.22. The Balaban J connectivity index is 3.88. The molecule has 0 bridgehead atoms. The second kappa shape index (κ2) is 4.05. The summed E-state index contributed by atoms with van der Waals surface area (Å²) < 4.78 is 0.137. The molecule has 0 aliphatic heterocycles. The molecule has 1 atom stereocenters. The van der Waals surface area contributed by atoms with E-state index in [1.807, 2.05) is 0 Å². The van der Waals surface area contributed by atoms with Gasteiger partial charge in [-0.2, -0.15) is 0 Å². The fraction of sp³-hybridized carbons (Fsp3) is 0.500. The highest BCUT2D eigenvalue weighted by atomic mass is 127. The van der Waals surface area contributed by atoms with Crippen LogP contribution in [0.5, 0.6) is 0 Å². The number of aliphatic carboxylic acids is 1. The van der Waals surface area contributed by atoms with Crippen LogP contribution in [0.25, 0.3) is 0 Å². The lowest BCUT2D eigenvalue weighted by Gasteiger charge is -1.96. The van der Waals surface area contributed by atoms with E-state index < -0.39 is 17.1 Å². The second-order valence-electron chi connectivity index (χ2n) is 1.30. The largest absolute Gasteiger partial charge is 0.480 e. The predicted octanol–water partition coefficient (Wildman–Crippen LogP) is 0.682. The van der Waals surface area contributed by atoms with Crippen LogP contribution in [0.3, 0.4) is 0 Å². The average molecular weight is 262 g/mol. The Kier molecular flexibility index (Phi) is 4.12. The maximum absolute atomic E-state index is 10.4. The number of carboxylic acids is 1. The first kappa shape index (κ1) is 9.16. The van der Waals surface area contributed by atoms with E-state index in [9.17, 15) is 9.59 Å². The van der Waals surface area contributed by atoms with Gasteiger partial charge in [0.15, 0.2) is 11.2 Å². The third-order valence-electron chi connectivity index (χ3n) is 0.631. The molecule has 0 aromatic carbocycles. The Morgan fingerprint density at radius 2 is 2.11 bits per heavy atom. The van der Waals surface area contributed by atoms with Gasteiger partial charge in [-0.25, -0.2) is 0 Å². The summed E-state index contributed by atoms with van der Waals surface area (Å²) in [4.78, 5) is 20.4. The normalized spacial score (nSPS) is 12.7. The first-order valence-electron chi connectivity index (χ1n) is 2.05. The lowest BCUT2D eigenvalue weighted by molar-refractivity contribution is -0.139. The van der Waals surface area contributed by atoms with Crippen molar-refractivity contribution >= 4 is 45.9 Å². The molecule has 0 aliphatic carbocycles. The molecule has 0 saturated heterocycles. The zero-order chi connectivity index (χ0) is 7.44. The molecule has 0 radical (unpaired) electrons. The summed E-state index contributed by atoms with van der Waals surface area (Å²) in [5.41, 5.74) is 0. The lowest BCUT2D eigenvalue weighted by Crippen LogP contribution is -2.24. The van der Waals surface area contributed by atoms with Gasteiger partial charge < -0.3 is 5.11 Å². The van der Waals surface area contributed by atoms with E-state index in [-0.39, 0.29) is 4.43 Å². The minimum absolute atomic E-state index is 0.137. The predicted molar refractivity (Wildman–Crippen MR) is 41.2 cm³/mol. The van der Waals surface area contributed by atoms with Crippen molar-refractivity contribution in [3.8, 4) is 0 Å². The van der Waals surface area contributed by atoms with E-state index in [0.29, 0.717) is 0 Å². The molecule has 9 heavy (non-hydrogen) atoms. The maximum Gasteiger partial charge on any atom is 0.329 e. The molecule has 0 fully saturated rings. The highest BCUT2D eigenvalue weighted by molar-refractivity contribution is 14.1. The van der Waals surface area contributed by atoms with Gasteiger partial charge in [0.25, 0.3) is 0 Å². The Morgan fingerprint density at radius 1 is 1.67 bits per heavy atom. The summed E-state index contributed by atoms with van der Waals surface area (Å²) in [6, 6.07) is 0. The van der Waals surface area contributed by atoms with Crippen molar-refractivity contribution in [3.63, 3.8) is 0 Å². The number of carbonyl (C=O) groups excluding carboxylic acids is 1. The number of carboxylic acid groups (broad SMARTS) is 1. The van der Waals surface area contributed by atoms with E-state index in [1.54, 1.807) is 22.6 Å². The summed E-state index contributed by atoms with van der Waals surface area (Å²) in [7, 11) is 0. The minimum Gasteiger partial charge on any atom is -0.480 e. The standard InChI is InChI=1S/C4H4ClIO3/c5-3(4(8)9)2(7)1-6/h3H,1H2,(H,8,9). The summed E-state index contributed by atoms with van der Waals surface area (Å²) in [5, 5.41) is 6.75. The Labute approximate surface area is 70.5 Å². The molecular formula is C4H4ClIO3. The van der Waals surface area contributed by atoms with Crippen LogP contribution in [0.15, 0.2) is 0 Å². The van der Waals surface area contributed by atoms with Gasteiger partial charge in [-0.1, -0.05) is 22.6 Å². The maximum atomic E-state index is 10.4. The van der Waals surface area contributed by atoms with Crippen LogP contribution in [0, 0.1) is 0 Å². The minimum atomic E-state index is -1.37. The summed E-state index contributed by atoms with van der Waals surface area (Å²) >= 11 is 6.88. The summed E-state index contributed by atoms with van der Waals surface area (Å²) in [6.07, 6.45) is 0.